The van der Waals surface area contributed by atoms with Gasteiger partial charge in [0.05, 0.1) is 60.2 Å². The van der Waals surface area contributed by atoms with Gasteiger partial charge in [-0.2, -0.15) is 0 Å². The summed E-state index contributed by atoms with van der Waals surface area (Å²) >= 11 is 0. The minimum atomic E-state index is -0.614. The van der Waals surface area contributed by atoms with Gasteiger partial charge in [0.1, 0.15) is 24.8 Å². The Hall–Kier alpha value is -7.12. The SMILES string of the molecule is CC(C)[C@@H]1CC[C@@H](C)C[C@H]1C(=O)CC[C@@H](NC(=O)[C@@H](C)N)c1ccccc1.CC(C)[C@@H]1CC[C@@H](C)C[C@H]1C(=O)CC[C@@H](NC(=O)[C@H](C)N)c1ccccc1.CC(C)[C@@H]1CC[C@@H](C)C[C@H]1C(=O)OC[C@@H](NC(=O)[C@@H](C)N)c1ccccc1.CC(C)[C@@H]1CC[C@@H](C)C[C@H]1C(=O)OC[C@@H](NC(=O)[C@H](C)N)c1ccccc1. The molecule has 4 aromatic carbocycles. The lowest BCUT2D eigenvalue weighted by Crippen LogP contribution is -2.42. The van der Waals surface area contributed by atoms with Crippen molar-refractivity contribution >= 4 is 47.1 Å². The van der Waals surface area contributed by atoms with Crippen LogP contribution in [0.2, 0.25) is 0 Å². The molecule has 4 amide bonds. The van der Waals surface area contributed by atoms with E-state index in [1.54, 1.807) is 27.7 Å². The molecular formula is C90H140N8O10. The number of Topliss-reactive ketones (excluding diaryl/α,β-unsaturated/α-hetero) is 2. The molecule has 0 radical (unpaired) electrons. The molecule has 0 saturated heterocycles. The zero-order valence-corrected chi connectivity index (χ0v) is 68.5. The largest absolute Gasteiger partial charge is 0.463 e. The van der Waals surface area contributed by atoms with Gasteiger partial charge in [-0.05, 0) is 185 Å². The molecule has 18 heteroatoms. The van der Waals surface area contributed by atoms with Crippen LogP contribution in [0, 0.1) is 94.7 Å². The van der Waals surface area contributed by atoms with E-state index in [9.17, 15) is 38.4 Å². The summed E-state index contributed by atoms with van der Waals surface area (Å²) in [7, 11) is 0. The standard InChI is InChI=1S/2C23H36N2O2.2C22H34N2O3/c2*1-15(2)19-11-10-16(3)14-20(19)22(26)13-12-21(25-23(27)17(4)24)18-8-6-5-7-9-18;2*1-14(2)18-11-10-15(3)12-19(18)22(26)27-13-20(24-21(25)16(4)23)17-8-6-5-7-9-17/h2*5-9,15-17,19-21H,10-14,24H2,1-4H3,(H,25,27);2*5-9,14-16,18-20H,10-13,23H2,1-4H3,(H,24,25)/t16-,17+,19+,20-,21-;16-,17-,19+,20-,21-;15-,16+,18+,19-,20-;15-,16-,18+,19-,20-/m1111/s1. The van der Waals surface area contributed by atoms with Crippen LogP contribution in [0.4, 0.5) is 0 Å². The molecule has 0 spiro atoms. The highest BCUT2D eigenvalue weighted by molar-refractivity contribution is 5.85. The summed E-state index contributed by atoms with van der Waals surface area (Å²) in [6.07, 6.45) is 15.2. The van der Waals surface area contributed by atoms with Gasteiger partial charge in [0, 0.05) is 24.7 Å². The summed E-state index contributed by atoms with van der Waals surface area (Å²) in [6, 6.07) is 35.3. The zero-order chi connectivity index (χ0) is 79.9. The first-order chi connectivity index (χ1) is 51.2. The first-order valence-corrected chi connectivity index (χ1v) is 41.0. The van der Waals surface area contributed by atoms with Crippen molar-refractivity contribution in [2.24, 2.45) is 118 Å². The van der Waals surface area contributed by atoms with Gasteiger partial charge >= 0.3 is 11.9 Å². The zero-order valence-electron chi connectivity index (χ0n) is 68.5. The maximum atomic E-state index is 13.1. The van der Waals surface area contributed by atoms with E-state index in [0.717, 1.165) is 73.6 Å². The van der Waals surface area contributed by atoms with E-state index in [1.807, 2.05) is 121 Å². The molecular weight excluding hydrogens is 1350 g/mol. The summed E-state index contributed by atoms with van der Waals surface area (Å²) < 4.78 is 11.4. The number of ether oxygens (including phenoxy) is 2. The fraction of sp³-hybridized carbons (Fsp3) is 0.644. The summed E-state index contributed by atoms with van der Waals surface area (Å²) in [5, 5.41) is 11.8. The number of nitrogens with one attached hydrogen (secondary N) is 4. The normalized spacial score (nSPS) is 25.0. The first kappa shape index (κ1) is 91.5. The molecule has 4 aliphatic carbocycles. The van der Waals surface area contributed by atoms with Crippen molar-refractivity contribution in [2.45, 2.75) is 262 Å². The Kier molecular flexibility index (Phi) is 39.4. The molecule has 18 nitrogen and oxygen atoms in total. The van der Waals surface area contributed by atoms with E-state index in [-0.39, 0.29) is 84.5 Å². The first-order valence-electron chi connectivity index (χ1n) is 41.0. The molecule has 12 N–H and O–H groups in total. The van der Waals surface area contributed by atoms with Crippen LogP contribution in [-0.2, 0) is 47.8 Å². The Morgan fingerprint density at radius 1 is 0.324 bits per heavy atom. The van der Waals surface area contributed by atoms with Crippen LogP contribution in [0.5, 0.6) is 0 Å². The summed E-state index contributed by atoms with van der Waals surface area (Å²) in [5.41, 5.74) is 26.7. The highest BCUT2D eigenvalue weighted by Gasteiger charge is 2.41. The maximum absolute atomic E-state index is 13.1. The van der Waals surface area contributed by atoms with Crippen molar-refractivity contribution in [3.05, 3.63) is 144 Å². The lowest BCUT2D eigenvalue weighted by atomic mass is 9.68. The highest BCUT2D eigenvalue weighted by Crippen LogP contribution is 2.43. The van der Waals surface area contributed by atoms with E-state index < -0.39 is 36.3 Å². The lowest BCUT2D eigenvalue weighted by molar-refractivity contribution is -0.155. The molecule has 20 atom stereocenters. The number of carbonyl (C=O) groups excluding carboxylic acids is 8. The molecule has 8 rings (SSSR count). The molecule has 0 aliphatic heterocycles. The third-order valence-electron chi connectivity index (χ3n) is 23.4. The monoisotopic (exact) mass is 1490 g/mol. The number of benzene rings is 4. The number of carbonyl (C=O) groups is 8. The molecule has 600 valence electrons. The van der Waals surface area contributed by atoms with Crippen molar-refractivity contribution in [3.8, 4) is 0 Å². The van der Waals surface area contributed by atoms with Crippen molar-refractivity contribution in [3.63, 3.8) is 0 Å². The van der Waals surface area contributed by atoms with Crippen LogP contribution in [0.1, 0.15) is 260 Å². The lowest BCUT2D eigenvalue weighted by Gasteiger charge is -2.36. The van der Waals surface area contributed by atoms with Crippen LogP contribution in [0.3, 0.4) is 0 Å². The fourth-order valence-electron chi connectivity index (χ4n) is 16.6. The van der Waals surface area contributed by atoms with Crippen molar-refractivity contribution in [2.75, 3.05) is 13.2 Å². The molecule has 0 bridgehead atoms. The topological polar surface area (TPSA) is 307 Å². The number of rotatable bonds is 30. The van der Waals surface area contributed by atoms with E-state index in [0.29, 0.717) is 108 Å². The average molecular weight is 1490 g/mol. The second-order valence-electron chi connectivity index (χ2n) is 34.0. The van der Waals surface area contributed by atoms with Gasteiger partial charge in [0.15, 0.2) is 0 Å². The van der Waals surface area contributed by atoms with Gasteiger partial charge in [-0.25, -0.2) is 0 Å². The van der Waals surface area contributed by atoms with E-state index in [4.69, 9.17) is 32.4 Å². The quantitative estimate of drug-likeness (QED) is 0.0225. The van der Waals surface area contributed by atoms with Crippen LogP contribution < -0.4 is 44.2 Å². The second kappa shape index (κ2) is 46.5. The summed E-state index contributed by atoms with van der Waals surface area (Å²) in [4.78, 5) is 100. The molecule has 4 aliphatic rings. The third kappa shape index (κ3) is 30.3. The number of nitrogens with two attached hydrogens (primary N) is 4. The van der Waals surface area contributed by atoms with Gasteiger partial charge < -0.3 is 53.7 Å². The van der Waals surface area contributed by atoms with Gasteiger partial charge in [0.25, 0.3) is 0 Å². The molecule has 0 aromatic heterocycles. The minimum Gasteiger partial charge on any atom is -0.463 e. The van der Waals surface area contributed by atoms with Crippen molar-refractivity contribution in [1.29, 1.82) is 0 Å². The molecule has 0 unspecified atom stereocenters. The van der Waals surface area contributed by atoms with Crippen LogP contribution in [0.25, 0.3) is 0 Å². The van der Waals surface area contributed by atoms with Crippen molar-refractivity contribution < 1.29 is 47.8 Å². The number of amides is 4. The second-order valence-corrected chi connectivity index (χ2v) is 34.0. The third-order valence-corrected chi connectivity index (χ3v) is 23.4. The van der Waals surface area contributed by atoms with E-state index in [1.165, 1.54) is 25.7 Å². The van der Waals surface area contributed by atoms with Gasteiger partial charge in [0.2, 0.25) is 23.6 Å². The molecule has 4 aromatic rings. The van der Waals surface area contributed by atoms with Crippen molar-refractivity contribution in [1.82, 2.24) is 21.3 Å². The Morgan fingerprint density at radius 3 is 0.769 bits per heavy atom. The predicted molar refractivity (Wildman–Crippen MR) is 434 cm³/mol. The summed E-state index contributed by atoms with van der Waals surface area (Å²) in [5.74, 6) is 5.78. The molecule has 4 saturated carbocycles. The smallest absolute Gasteiger partial charge is 0.309 e. The Labute approximate surface area is 649 Å². The Balaban J connectivity index is 0.000000258. The maximum Gasteiger partial charge on any atom is 0.309 e. The van der Waals surface area contributed by atoms with E-state index in [2.05, 4.69) is 104 Å². The predicted octanol–water partition coefficient (Wildman–Crippen LogP) is 15.4. The molecule has 0 heterocycles. The Bertz CT molecular complexity index is 2890. The van der Waals surface area contributed by atoms with Gasteiger partial charge in [-0.3, -0.25) is 38.4 Å². The Morgan fingerprint density at radius 2 is 0.537 bits per heavy atom. The van der Waals surface area contributed by atoms with Crippen LogP contribution in [-0.4, -0.2) is 84.5 Å². The van der Waals surface area contributed by atoms with Gasteiger partial charge in [-0.1, -0.05) is 230 Å². The molecule has 4 fully saturated rings. The number of hydrogen-bond acceptors (Lipinski definition) is 14. The van der Waals surface area contributed by atoms with Gasteiger partial charge in [-0.15, -0.1) is 0 Å². The number of esters is 2. The fourth-order valence-corrected chi connectivity index (χ4v) is 16.6. The summed E-state index contributed by atoms with van der Waals surface area (Å²) in [6.45, 7) is 33.4. The minimum absolute atomic E-state index is 0.0608. The molecule has 108 heavy (non-hydrogen) atoms. The van der Waals surface area contributed by atoms with Crippen LogP contribution >= 0.6 is 0 Å². The number of ketones is 2. The average Bonchev–Trinajstić information content (AvgIpc) is 0.842. The highest BCUT2D eigenvalue weighted by atomic mass is 16.5. The van der Waals surface area contributed by atoms with Crippen LogP contribution in [0.15, 0.2) is 121 Å². The number of hydrogen-bond donors (Lipinski definition) is 8. The van der Waals surface area contributed by atoms with E-state index >= 15 is 0 Å².